The van der Waals surface area contributed by atoms with Crippen molar-refractivity contribution in [2.75, 3.05) is 56.7 Å². The van der Waals surface area contributed by atoms with Gasteiger partial charge in [0.25, 0.3) is 0 Å². The van der Waals surface area contributed by atoms with E-state index in [1.54, 1.807) is 12.1 Å². The average Bonchev–Trinajstić information content (AvgIpc) is 3.30. The lowest BCUT2D eigenvalue weighted by atomic mass is 10.1. The van der Waals surface area contributed by atoms with Crippen LogP contribution in [0.3, 0.4) is 0 Å². The topological polar surface area (TPSA) is 105 Å². The second kappa shape index (κ2) is 10.1. The van der Waals surface area contributed by atoms with Crippen molar-refractivity contribution in [3.05, 3.63) is 18.2 Å². The third-order valence-electron chi connectivity index (χ3n) is 5.86. The number of amides is 2. The highest BCUT2D eigenvalue weighted by molar-refractivity contribution is 7.99. The van der Waals surface area contributed by atoms with Crippen LogP contribution in [0.25, 0.3) is 0 Å². The maximum absolute atomic E-state index is 13.2. The number of anilines is 1. The van der Waals surface area contributed by atoms with E-state index in [1.165, 1.54) is 27.0 Å². The molecule has 2 amide bonds. The molecule has 1 aromatic rings. The second-order valence-electron chi connectivity index (χ2n) is 8.22. The van der Waals surface area contributed by atoms with Gasteiger partial charge in [0.2, 0.25) is 21.8 Å². The van der Waals surface area contributed by atoms with Crippen LogP contribution < -0.4 is 10.2 Å². The van der Waals surface area contributed by atoms with Crippen molar-refractivity contribution in [1.82, 2.24) is 9.62 Å². The molecule has 2 atom stereocenters. The van der Waals surface area contributed by atoms with E-state index in [0.717, 1.165) is 17.7 Å². The number of sulfonamides is 1. The summed E-state index contributed by atoms with van der Waals surface area (Å²) in [7, 11) is -3.72. The molecule has 176 valence electrons. The number of hydrogen-bond donors (Lipinski definition) is 1. The summed E-state index contributed by atoms with van der Waals surface area (Å²) in [5.74, 6) is -0.211. The highest BCUT2D eigenvalue weighted by Gasteiger charge is 2.33. The second-order valence-corrected chi connectivity index (χ2v) is 11.2. The molecular formula is C21H29N3O6S2. The molecule has 3 heterocycles. The Bertz CT molecular complexity index is 958. The lowest BCUT2D eigenvalue weighted by Gasteiger charge is -2.28. The minimum Gasteiger partial charge on any atom is -0.379 e. The summed E-state index contributed by atoms with van der Waals surface area (Å²) in [5.41, 5.74) is 0.464. The van der Waals surface area contributed by atoms with Gasteiger partial charge >= 0.3 is 0 Å². The summed E-state index contributed by atoms with van der Waals surface area (Å²) in [6, 6.07) is 4.83. The third kappa shape index (κ3) is 5.12. The summed E-state index contributed by atoms with van der Waals surface area (Å²) < 4.78 is 38.5. The van der Waals surface area contributed by atoms with Crippen LogP contribution in [0.15, 0.2) is 28.0 Å². The van der Waals surface area contributed by atoms with E-state index in [2.05, 4.69) is 5.32 Å². The number of carbonyl (C=O) groups excluding carboxylic acids is 2. The molecule has 4 rings (SSSR count). The molecule has 9 nitrogen and oxygen atoms in total. The van der Waals surface area contributed by atoms with E-state index in [4.69, 9.17) is 9.47 Å². The quantitative estimate of drug-likeness (QED) is 0.645. The highest BCUT2D eigenvalue weighted by Crippen LogP contribution is 2.38. The predicted octanol–water partition coefficient (Wildman–Crippen LogP) is 1.08. The maximum atomic E-state index is 13.2. The third-order valence-corrected chi connectivity index (χ3v) is 9.08. The van der Waals surface area contributed by atoms with Crippen LogP contribution in [0.1, 0.15) is 19.8 Å². The van der Waals surface area contributed by atoms with Crippen molar-refractivity contribution in [3.8, 4) is 0 Å². The van der Waals surface area contributed by atoms with Gasteiger partial charge in [0, 0.05) is 42.8 Å². The summed E-state index contributed by atoms with van der Waals surface area (Å²) in [6.45, 7) is 4.06. The molecule has 1 aromatic carbocycles. The maximum Gasteiger partial charge on any atom is 0.243 e. The molecule has 32 heavy (non-hydrogen) atoms. The molecule has 0 saturated carbocycles. The summed E-state index contributed by atoms with van der Waals surface area (Å²) in [5, 5.41) is 2.85. The Labute approximate surface area is 192 Å². The van der Waals surface area contributed by atoms with Gasteiger partial charge in [0.1, 0.15) is 6.54 Å². The Balaban J connectivity index is 1.58. The van der Waals surface area contributed by atoms with Crippen molar-refractivity contribution in [3.63, 3.8) is 0 Å². The van der Waals surface area contributed by atoms with Gasteiger partial charge in [0.15, 0.2) is 0 Å². The number of nitrogens with one attached hydrogen (secondary N) is 1. The summed E-state index contributed by atoms with van der Waals surface area (Å²) in [4.78, 5) is 28.1. The number of carbonyl (C=O) groups is 2. The molecule has 0 radical (unpaired) electrons. The number of hydrogen-bond acceptors (Lipinski definition) is 7. The zero-order valence-electron chi connectivity index (χ0n) is 18.1. The van der Waals surface area contributed by atoms with Crippen LogP contribution in [0.4, 0.5) is 5.69 Å². The largest absolute Gasteiger partial charge is 0.379 e. The number of thioether (sulfide) groups is 1. The van der Waals surface area contributed by atoms with E-state index in [1.807, 2.05) is 6.92 Å². The van der Waals surface area contributed by atoms with Gasteiger partial charge in [-0.05, 0) is 31.0 Å². The van der Waals surface area contributed by atoms with E-state index >= 15 is 0 Å². The Morgan fingerprint density at radius 2 is 2.03 bits per heavy atom. The van der Waals surface area contributed by atoms with Crippen LogP contribution >= 0.6 is 11.8 Å². The van der Waals surface area contributed by atoms with Gasteiger partial charge in [0.05, 0.1) is 29.9 Å². The zero-order valence-corrected chi connectivity index (χ0v) is 19.8. The monoisotopic (exact) mass is 483 g/mol. The van der Waals surface area contributed by atoms with Crippen LogP contribution in [0, 0.1) is 5.92 Å². The number of nitrogens with zero attached hydrogens (tertiary/aromatic N) is 2. The number of morpholine rings is 1. The minimum atomic E-state index is -3.72. The van der Waals surface area contributed by atoms with Gasteiger partial charge in [-0.3, -0.25) is 9.59 Å². The molecule has 0 aliphatic carbocycles. The van der Waals surface area contributed by atoms with Crippen molar-refractivity contribution in [1.29, 1.82) is 0 Å². The van der Waals surface area contributed by atoms with E-state index in [9.17, 15) is 18.0 Å². The van der Waals surface area contributed by atoms with Crippen molar-refractivity contribution < 1.29 is 27.5 Å². The zero-order chi connectivity index (χ0) is 22.7. The molecule has 0 aromatic heterocycles. The van der Waals surface area contributed by atoms with Crippen LogP contribution in [0.5, 0.6) is 0 Å². The average molecular weight is 484 g/mol. The molecule has 3 aliphatic rings. The highest BCUT2D eigenvalue weighted by atomic mass is 32.2. The Hall–Kier alpha value is -1.66. The van der Waals surface area contributed by atoms with Gasteiger partial charge in [-0.2, -0.15) is 4.31 Å². The van der Waals surface area contributed by atoms with Gasteiger partial charge in [-0.15, -0.1) is 11.8 Å². The lowest BCUT2D eigenvalue weighted by Crippen LogP contribution is -2.44. The number of fused-ring (bicyclic) bond motifs is 1. The van der Waals surface area contributed by atoms with E-state index in [0.29, 0.717) is 50.9 Å². The molecule has 0 bridgehead atoms. The first kappa shape index (κ1) is 23.5. The molecule has 1 N–H and O–H groups in total. The van der Waals surface area contributed by atoms with Crippen molar-refractivity contribution in [2.45, 2.75) is 35.7 Å². The fourth-order valence-corrected chi connectivity index (χ4v) is 6.47. The van der Waals surface area contributed by atoms with E-state index in [-0.39, 0.29) is 35.3 Å². The van der Waals surface area contributed by atoms with Crippen molar-refractivity contribution >= 4 is 39.3 Å². The van der Waals surface area contributed by atoms with Gasteiger partial charge in [-0.25, -0.2) is 8.42 Å². The minimum absolute atomic E-state index is 0.00539. The van der Waals surface area contributed by atoms with Crippen LogP contribution in [-0.2, 0) is 29.1 Å². The molecular weight excluding hydrogens is 454 g/mol. The Morgan fingerprint density at radius 1 is 1.25 bits per heavy atom. The predicted molar refractivity (Wildman–Crippen MR) is 120 cm³/mol. The van der Waals surface area contributed by atoms with Crippen LogP contribution in [0.2, 0.25) is 0 Å². The fourth-order valence-electron chi connectivity index (χ4n) is 3.99. The number of ether oxygens (including phenoxy) is 2. The molecule has 3 aliphatic heterocycles. The standard InChI is InChI=1S/C21H29N3O6S2/c1-15-14-31-19-5-4-17(32(27,28)23-6-9-29-10-7-23)11-18(19)24(21(15)26)13-20(25)22-12-16-3-2-8-30-16/h4-5,11,15-16H,2-3,6-10,12-14H2,1H3,(H,22,25)/t15-,16-/m0/s1. The molecule has 0 unspecified atom stereocenters. The molecule has 2 saturated heterocycles. The summed E-state index contributed by atoms with van der Waals surface area (Å²) in [6.07, 6.45) is 1.89. The normalized spacial score (nSPS) is 24.8. The molecule has 11 heteroatoms. The smallest absolute Gasteiger partial charge is 0.243 e. The Morgan fingerprint density at radius 3 is 2.75 bits per heavy atom. The molecule has 0 spiro atoms. The van der Waals surface area contributed by atoms with Gasteiger partial charge in [-0.1, -0.05) is 6.92 Å². The number of benzene rings is 1. The fraction of sp³-hybridized carbons (Fsp3) is 0.619. The van der Waals surface area contributed by atoms with Crippen LogP contribution in [-0.4, -0.2) is 82.4 Å². The number of rotatable bonds is 6. The SMILES string of the molecule is C[C@H]1CSc2ccc(S(=O)(=O)N3CCOCC3)cc2N(CC(=O)NC[C@@H]2CCCO2)C1=O. The lowest BCUT2D eigenvalue weighted by molar-refractivity contribution is -0.125. The van der Waals surface area contributed by atoms with E-state index < -0.39 is 10.0 Å². The first-order chi connectivity index (χ1) is 15.4. The first-order valence-electron chi connectivity index (χ1n) is 10.9. The molecule has 2 fully saturated rings. The first-order valence-corrected chi connectivity index (χ1v) is 13.3. The van der Waals surface area contributed by atoms with Gasteiger partial charge < -0.3 is 19.7 Å². The Kier molecular flexibility index (Phi) is 7.40. The summed E-state index contributed by atoms with van der Waals surface area (Å²) >= 11 is 1.50. The van der Waals surface area contributed by atoms with Crippen molar-refractivity contribution in [2.24, 2.45) is 5.92 Å².